The molecule has 0 radical (unpaired) electrons. The Kier molecular flexibility index (Phi) is 6.24. The van der Waals surface area contributed by atoms with Crippen LogP contribution in [0.4, 0.5) is 13.2 Å². The van der Waals surface area contributed by atoms with Crippen molar-refractivity contribution in [2.24, 2.45) is 5.92 Å². The Morgan fingerprint density at radius 1 is 1.17 bits per heavy atom. The summed E-state index contributed by atoms with van der Waals surface area (Å²) in [4.78, 5) is 17.1. The van der Waals surface area contributed by atoms with Crippen LogP contribution in [0.1, 0.15) is 53.7 Å². The number of benzene rings is 2. The van der Waals surface area contributed by atoms with Gasteiger partial charge in [0.1, 0.15) is 6.04 Å². The van der Waals surface area contributed by atoms with E-state index in [1.165, 1.54) is 0 Å². The van der Waals surface area contributed by atoms with Gasteiger partial charge in [-0.3, -0.25) is 4.79 Å². The summed E-state index contributed by atoms with van der Waals surface area (Å²) in [5.41, 5.74) is 1.15. The van der Waals surface area contributed by atoms with Crippen LogP contribution in [0.3, 0.4) is 0 Å². The van der Waals surface area contributed by atoms with Gasteiger partial charge in [0.15, 0.2) is 0 Å². The molecule has 0 bridgehead atoms. The zero-order chi connectivity index (χ0) is 21.9. The van der Waals surface area contributed by atoms with Crippen LogP contribution >= 0.6 is 0 Å². The molecule has 3 aromatic rings. The number of amides is 1. The lowest BCUT2D eigenvalue weighted by atomic mass is 9.98. The molecule has 0 aliphatic rings. The summed E-state index contributed by atoms with van der Waals surface area (Å²) in [5, 5.41) is 6.84. The largest absolute Gasteiger partial charge is 0.416 e. The first-order chi connectivity index (χ1) is 14.2. The molecular weight excluding hydrogens is 395 g/mol. The predicted octanol–water partition coefficient (Wildman–Crippen LogP) is 5.58. The van der Waals surface area contributed by atoms with Gasteiger partial charge in [-0.15, -0.1) is 0 Å². The minimum absolute atomic E-state index is 0.0331. The average Bonchev–Trinajstić information content (AvgIpc) is 3.20. The number of hydrogen-bond acceptors (Lipinski definition) is 4. The average molecular weight is 417 g/mol. The van der Waals surface area contributed by atoms with Gasteiger partial charge in [-0.05, 0) is 43.2 Å². The lowest BCUT2D eigenvalue weighted by Crippen LogP contribution is -2.32. The quantitative estimate of drug-likeness (QED) is 0.568. The van der Waals surface area contributed by atoms with Crippen molar-refractivity contribution in [3.05, 3.63) is 71.1 Å². The van der Waals surface area contributed by atoms with Crippen LogP contribution in [0.5, 0.6) is 0 Å². The molecule has 2 aromatic carbocycles. The van der Waals surface area contributed by atoms with E-state index >= 15 is 0 Å². The number of carbonyl (C=O) groups excluding carboxylic acids is 1. The van der Waals surface area contributed by atoms with Gasteiger partial charge in [0.05, 0.1) is 5.56 Å². The van der Waals surface area contributed by atoms with Crippen molar-refractivity contribution in [2.45, 2.75) is 39.4 Å². The summed E-state index contributed by atoms with van der Waals surface area (Å²) in [7, 11) is 0. The Hall–Kier alpha value is -3.16. The Morgan fingerprint density at radius 3 is 2.47 bits per heavy atom. The van der Waals surface area contributed by atoms with Crippen molar-refractivity contribution in [2.75, 3.05) is 0 Å². The number of nitrogens with one attached hydrogen (secondary N) is 1. The van der Waals surface area contributed by atoms with Crippen LogP contribution in [0.25, 0.3) is 11.4 Å². The third kappa shape index (κ3) is 4.87. The molecule has 0 aliphatic carbocycles. The van der Waals surface area contributed by atoms with Crippen molar-refractivity contribution in [1.82, 2.24) is 15.5 Å². The van der Waals surface area contributed by atoms with E-state index in [4.69, 9.17) is 4.52 Å². The maximum absolute atomic E-state index is 12.7. The second-order valence-electron chi connectivity index (χ2n) is 7.24. The standard InChI is InChI=1S/C22H22F3N3O2/c1-4-14(3)18(21-27-19(28-30-21)16-7-5-6-13(2)12-16)26-20(29)15-8-10-17(11-9-15)22(23,24)25/h5-12,14,18H,4H2,1-3H3,(H,26,29)/t14-,18-/m1/s1. The molecule has 1 aromatic heterocycles. The van der Waals surface area contributed by atoms with Crippen LogP contribution in [-0.2, 0) is 6.18 Å². The monoisotopic (exact) mass is 417 g/mol. The van der Waals surface area contributed by atoms with Gasteiger partial charge in [0.2, 0.25) is 11.7 Å². The molecule has 0 spiro atoms. The fraction of sp³-hybridized carbons (Fsp3) is 0.318. The van der Waals surface area contributed by atoms with Crippen molar-refractivity contribution in [3.8, 4) is 11.4 Å². The second kappa shape index (κ2) is 8.69. The third-order valence-electron chi connectivity index (χ3n) is 4.96. The highest BCUT2D eigenvalue weighted by Gasteiger charge is 2.31. The Morgan fingerprint density at radius 2 is 1.87 bits per heavy atom. The maximum Gasteiger partial charge on any atom is 0.416 e. The van der Waals surface area contributed by atoms with E-state index in [1.54, 1.807) is 0 Å². The Balaban J connectivity index is 1.82. The number of aryl methyl sites for hydroxylation is 1. The summed E-state index contributed by atoms with van der Waals surface area (Å²) >= 11 is 0. The lowest BCUT2D eigenvalue weighted by Gasteiger charge is -2.21. The van der Waals surface area contributed by atoms with E-state index in [2.05, 4.69) is 15.5 Å². The minimum Gasteiger partial charge on any atom is -0.340 e. The van der Waals surface area contributed by atoms with Gasteiger partial charge in [-0.25, -0.2) is 0 Å². The number of rotatable bonds is 6. The topological polar surface area (TPSA) is 68.0 Å². The first kappa shape index (κ1) is 21.5. The van der Waals surface area contributed by atoms with Crippen LogP contribution in [-0.4, -0.2) is 16.0 Å². The van der Waals surface area contributed by atoms with Gasteiger partial charge in [0, 0.05) is 11.1 Å². The molecule has 158 valence electrons. The number of halogens is 3. The number of aromatic nitrogens is 2. The van der Waals surface area contributed by atoms with Crippen LogP contribution < -0.4 is 5.32 Å². The Bertz CT molecular complexity index is 1010. The number of hydrogen-bond donors (Lipinski definition) is 1. The molecule has 8 heteroatoms. The summed E-state index contributed by atoms with van der Waals surface area (Å²) < 4.78 is 43.6. The molecule has 3 rings (SSSR count). The number of nitrogens with zero attached hydrogens (tertiary/aromatic N) is 2. The highest BCUT2D eigenvalue weighted by molar-refractivity contribution is 5.94. The van der Waals surface area contributed by atoms with Crippen molar-refractivity contribution in [3.63, 3.8) is 0 Å². The van der Waals surface area contributed by atoms with Crippen LogP contribution in [0.15, 0.2) is 53.1 Å². The van der Waals surface area contributed by atoms with Crippen LogP contribution in [0.2, 0.25) is 0 Å². The smallest absolute Gasteiger partial charge is 0.340 e. The second-order valence-corrected chi connectivity index (χ2v) is 7.24. The predicted molar refractivity (Wildman–Crippen MR) is 106 cm³/mol. The lowest BCUT2D eigenvalue weighted by molar-refractivity contribution is -0.137. The van der Waals surface area contributed by atoms with Crippen molar-refractivity contribution >= 4 is 5.91 Å². The third-order valence-corrected chi connectivity index (χ3v) is 4.96. The molecule has 1 N–H and O–H groups in total. The zero-order valence-corrected chi connectivity index (χ0v) is 16.8. The van der Waals surface area contributed by atoms with E-state index in [1.807, 2.05) is 45.0 Å². The van der Waals surface area contributed by atoms with Gasteiger partial charge in [0.25, 0.3) is 5.91 Å². The molecule has 0 saturated heterocycles. The van der Waals surface area contributed by atoms with Gasteiger partial charge in [-0.1, -0.05) is 49.2 Å². The fourth-order valence-electron chi connectivity index (χ4n) is 2.98. The van der Waals surface area contributed by atoms with Gasteiger partial charge < -0.3 is 9.84 Å². The maximum atomic E-state index is 12.7. The summed E-state index contributed by atoms with van der Waals surface area (Å²) in [5.74, 6) is 0.116. The Labute approximate surface area is 172 Å². The normalized spacial score (nSPS) is 13.7. The van der Waals surface area contributed by atoms with E-state index in [0.29, 0.717) is 5.82 Å². The summed E-state index contributed by atoms with van der Waals surface area (Å²) in [6.45, 7) is 5.84. The summed E-state index contributed by atoms with van der Waals surface area (Å²) in [6.07, 6.45) is -3.73. The van der Waals surface area contributed by atoms with E-state index in [-0.39, 0.29) is 17.4 Å². The molecule has 2 atom stereocenters. The highest BCUT2D eigenvalue weighted by atomic mass is 19.4. The fourth-order valence-corrected chi connectivity index (χ4v) is 2.98. The molecule has 0 unspecified atom stereocenters. The first-order valence-electron chi connectivity index (χ1n) is 9.57. The molecular formula is C22H22F3N3O2. The van der Waals surface area contributed by atoms with E-state index in [9.17, 15) is 18.0 Å². The van der Waals surface area contributed by atoms with Gasteiger partial charge in [-0.2, -0.15) is 18.2 Å². The number of alkyl halides is 3. The van der Waals surface area contributed by atoms with Crippen molar-refractivity contribution in [1.29, 1.82) is 0 Å². The molecule has 1 amide bonds. The van der Waals surface area contributed by atoms with Crippen molar-refractivity contribution < 1.29 is 22.5 Å². The van der Waals surface area contributed by atoms with E-state index < -0.39 is 23.7 Å². The van der Waals surface area contributed by atoms with Crippen LogP contribution in [0, 0.1) is 12.8 Å². The SMILES string of the molecule is CC[C@@H](C)[C@@H](NC(=O)c1ccc(C(F)(F)F)cc1)c1nc(-c2cccc(C)c2)no1. The molecule has 0 aliphatic heterocycles. The molecule has 30 heavy (non-hydrogen) atoms. The van der Waals surface area contributed by atoms with E-state index in [0.717, 1.165) is 41.8 Å². The molecule has 1 heterocycles. The molecule has 5 nitrogen and oxygen atoms in total. The summed E-state index contributed by atoms with van der Waals surface area (Å²) in [6, 6.07) is 11.1. The highest BCUT2D eigenvalue weighted by Crippen LogP contribution is 2.30. The number of carbonyl (C=O) groups is 1. The molecule has 0 fully saturated rings. The molecule has 0 saturated carbocycles. The first-order valence-corrected chi connectivity index (χ1v) is 9.57. The minimum atomic E-state index is -4.45. The zero-order valence-electron chi connectivity index (χ0n) is 16.8. The van der Waals surface area contributed by atoms with Gasteiger partial charge >= 0.3 is 6.18 Å².